The van der Waals surface area contributed by atoms with Gasteiger partial charge >= 0.3 is 0 Å². The van der Waals surface area contributed by atoms with Crippen LogP contribution in [0, 0.1) is 19.3 Å². The smallest absolute Gasteiger partial charge is 0.0511 e. The van der Waals surface area contributed by atoms with Gasteiger partial charge in [-0.2, -0.15) is 0 Å². The summed E-state index contributed by atoms with van der Waals surface area (Å²) >= 11 is 0. The summed E-state index contributed by atoms with van der Waals surface area (Å²) in [6.07, 6.45) is 3.07. The molecule has 22 heavy (non-hydrogen) atoms. The first-order valence-corrected chi connectivity index (χ1v) is 7.89. The summed E-state index contributed by atoms with van der Waals surface area (Å²) in [7, 11) is 0. The average Bonchev–Trinajstić information content (AvgIpc) is 2.94. The average molecular weight is 292 g/mol. The minimum atomic E-state index is 0.144. The molecule has 114 valence electrons. The van der Waals surface area contributed by atoms with Gasteiger partial charge in [0.2, 0.25) is 0 Å². The number of aliphatic imine (C=N–C) groups is 1. The van der Waals surface area contributed by atoms with Gasteiger partial charge in [-0.1, -0.05) is 44.2 Å². The fourth-order valence-corrected chi connectivity index (χ4v) is 3.00. The minimum Gasteiger partial charge on any atom is -0.361 e. The normalized spacial score (nSPS) is 19.2. The van der Waals surface area contributed by atoms with Crippen LogP contribution in [0.3, 0.4) is 0 Å². The van der Waals surface area contributed by atoms with Crippen molar-refractivity contribution in [1.29, 1.82) is 0 Å². The first-order valence-electron chi connectivity index (χ1n) is 7.89. The quantitative estimate of drug-likeness (QED) is 0.780. The molecule has 2 heterocycles. The standard InChI is InChI=1S/C20H24N2/c1-13-12-21-19(14(13)2)18(16-9-7-6-8-10-16)17-11-20(4,5)15(3)22-17/h6-10,12,21H,11H2,1-5H3/b18-17+. The Morgan fingerprint density at radius 2 is 1.77 bits per heavy atom. The van der Waals surface area contributed by atoms with E-state index in [0.29, 0.717) is 0 Å². The maximum Gasteiger partial charge on any atom is 0.0511 e. The van der Waals surface area contributed by atoms with Crippen molar-refractivity contribution < 1.29 is 0 Å². The van der Waals surface area contributed by atoms with Crippen LogP contribution in [0.4, 0.5) is 0 Å². The lowest BCUT2D eigenvalue weighted by atomic mass is 9.84. The zero-order valence-corrected chi connectivity index (χ0v) is 14.1. The van der Waals surface area contributed by atoms with Crippen molar-refractivity contribution in [3.05, 3.63) is 64.6 Å². The van der Waals surface area contributed by atoms with Crippen LogP contribution in [-0.2, 0) is 0 Å². The Morgan fingerprint density at radius 1 is 1.09 bits per heavy atom. The van der Waals surface area contributed by atoms with E-state index in [1.165, 1.54) is 39.4 Å². The molecule has 3 rings (SSSR count). The third-order valence-corrected chi connectivity index (χ3v) is 4.89. The van der Waals surface area contributed by atoms with Crippen LogP contribution < -0.4 is 0 Å². The van der Waals surface area contributed by atoms with Crippen molar-refractivity contribution in [2.75, 3.05) is 0 Å². The van der Waals surface area contributed by atoms with Crippen LogP contribution in [0.25, 0.3) is 5.57 Å². The number of H-pyrrole nitrogens is 1. The Bertz CT molecular complexity index is 758. The molecule has 0 fully saturated rings. The number of benzene rings is 1. The van der Waals surface area contributed by atoms with Gasteiger partial charge in [-0.25, -0.2) is 0 Å². The van der Waals surface area contributed by atoms with Crippen molar-refractivity contribution in [2.24, 2.45) is 10.4 Å². The Balaban J connectivity index is 2.24. The van der Waals surface area contributed by atoms with Crippen molar-refractivity contribution >= 4 is 11.3 Å². The van der Waals surface area contributed by atoms with E-state index < -0.39 is 0 Å². The summed E-state index contributed by atoms with van der Waals surface area (Å²) in [5, 5.41) is 0. The molecule has 0 spiro atoms. The number of nitrogens with zero attached hydrogens (tertiary/aromatic N) is 1. The Kier molecular flexibility index (Phi) is 3.56. The monoisotopic (exact) mass is 292 g/mol. The topological polar surface area (TPSA) is 28.1 Å². The van der Waals surface area contributed by atoms with Crippen molar-refractivity contribution in [2.45, 2.75) is 41.0 Å². The Morgan fingerprint density at radius 3 is 2.27 bits per heavy atom. The lowest BCUT2D eigenvalue weighted by Crippen LogP contribution is -2.15. The number of hydrogen-bond acceptors (Lipinski definition) is 1. The molecule has 1 aliphatic heterocycles. The Hall–Kier alpha value is -2.09. The molecule has 1 N–H and O–H groups in total. The van der Waals surface area contributed by atoms with Crippen molar-refractivity contribution in [3.63, 3.8) is 0 Å². The highest BCUT2D eigenvalue weighted by Gasteiger charge is 2.31. The van der Waals surface area contributed by atoms with E-state index in [1.54, 1.807) is 0 Å². The van der Waals surface area contributed by atoms with E-state index in [2.05, 4.69) is 76.1 Å². The Labute approximate surface area is 133 Å². The van der Waals surface area contributed by atoms with Crippen LogP contribution in [-0.4, -0.2) is 10.7 Å². The number of nitrogens with one attached hydrogen (secondary N) is 1. The van der Waals surface area contributed by atoms with E-state index in [-0.39, 0.29) is 5.41 Å². The lowest BCUT2D eigenvalue weighted by molar-refractivity contribution is 0.540. The third-order valence-electron chi connectivity index (χ3n) is 4.89. The third kappa shape index (κ3) is 2.43. The van der Waals surface area contributed by atoms with Crippen LogP contribution in [0.1, 0.15) is 49.6 Å². The van der Waals surface area contributed by atoms with Gasteiger partial charge in [-0.3, -0.25) is 4.99 Å². The molecule has 0 amide bonds. The van der Waals surface area contributed by atoms with Crippen molar-refractivity contribution in [3.8, 4) is 0 Å². The number of hydrogen-bond donors (Lipinski definition) is 1. The predicted octanol–water partition coefficient (Wildman–Crippen LogP) is 5.28. The van der Waals surface area contributed by atoms with E-state index in [1.807, 2.05) is 0 Å². The summed E-state index contributed by atoms with van der Waals surface area (Å²) in [4.78, 5) is 8.39. The van der Waals surface area contributed by atoms with Gasteiger partial charge in [0.05, 0.1) is 11.4 Å². The molecule has 1 aliphatic rings. The molecule has 1 aromatic heterocycles. The first-order chi connectivity index (χ1) is 10.4. The molecule has 2 nitrogen and oxygen atoms in total. The van der Waals surface area contributed by atoms with E-state index in [4.69, 9.17) is 4.99 Å². The van der Waals surface area contributed by atoms with Crippen molar-refractivity contribution in [1.82, 2.24) is 4.98 Å². The number of aromatic nitrogens is 1. The van der Waals surface area contributed by atoms with Gasteiger partial charge in [0, 0.05) is 29.3 Å². The molecule has 0 bridgehead atoms. The second-order valence-electron chi connectivity index (χ2n) is 6.92. The number of rotatable bonds is 2. The van der Waals surface area contributed by atoms with Gasteiger partial charge < -0.3 is 4.98 Å². The molecule has 0 unspecified atom stereocenters. The maximum atomic E-state index is 4.92. The summed E-state index contributed by atoms with van der Waals surface area (Å²) in [6.45, 7) is 11.0. The highest BCUT2D eigenvalue weighted by Crippen LogP contribution is 2.41. The van der Waals surface area contributed by atoms with Crippen LogP contribution in [0.2, 0.25) is 0 Å². The van der Waals surface area contributed by atoms with Crippen LogP contribution in [0.15, 0.2) is 47.2 Å². The summed E-state index contributed by atoms with van der Waals surface area (Å²) in [5.74, 6) is 0. The summed E-state index contributed by atoms with van der Waals surface area (Å²) in [5.41, 5.74) is 8.84. The molecular formula is C20H24N2. The largest absolute Gasteiger partial charge is 0.361 e. The molecule has 0 atom stereocenters. The van der Waals surface area contributed by atoms with E-state index >= 15 is 0 Å². The van der Waals surface area contributed by atoms with Gasteiger partial charge in [-0.05, 0) is 37.5 Å². The second kappa shape index (κ2) is 5.28. The van der Waals surface area contributed by atoms with E-state index in [9.17, 15) is 0 Å². The molecule has 2 heteroatoms. The molecule has 0 aliphatic carbocycles. The van der Waals surface area contributed by atoms with E-state index in [0.717, 1.165) is 6.42 Å². The molecular weight excluding hydrogens is 268 g/mol. The highest BCUT2D eigenvalue weighted by molar-refractivity contribution is 5.94. The predicted molar refractivity (Wildman–Crippen MR) is 94.2 cm³/mol. The molecule has 0 saturated heterocycles. The van der Waals surface area contributed by atoms with Crippen LogP contribution in [0.5, 0.6) is 0 Å². The zero-order chi connectivity index (χ0) is 15.9. The molecule has 0 radical (unpaired) electrons. The highest BCUT2D eigenvalue weighted by atomic mass is 14.8. The summed E-state index contributed by atoms with van der Waals surface area (Å²) in [6, 6.07) is 10.6. The molecule has 1 aromatic carbocycles. The fourth-order valence-electron chi connectivity index (χ4n) is 3.00. The van der Waals surface area contributed by atoms with Gasteiger partial charge in [0.15, 0.2) is 0 Å². The minimum absolute atomic E-state index is 0.144. The van der Waals surface area contributed by atoms with Gasteiger partial charge in [0.1, 0.15) is 0 Å². The second-order valence-corrected chi connectivity index (χ2v) is 6.92. The number of aromatic amines is 1. The van der Waals surface area contributed by atoms with Gasteiger partial charge in [0.25, 0.3) is 0 Å². The van der Waals surface area contributed by atoms with Crippen LogP contribution >= 0.6 is 0 Å². The lowest BCUT2D eigenvalue weighted by Gasteiger charge is -2.17. The number of aryl methyl sites for hydroxylation is 1. The van der Waals surface area contributed by atoms with Gasteiger partial charge in [-0.15, -0.1) is 0 Å². The SMILES string of the molecule is CC1=N/C(=C(\c2ccccc2)c2[nH]cc(C)c2C)CC1(C)C. The first kappa shape index (κ1) is 14.8. The zero-order valence-electron chi connectivity index (χ0n) is 14.1. The summed E-state index contributed by atoms with van der Waals surface area (Å²) < 4.78 is 0. The molecule has 2 aromatic rings. The number of allylic oxidation sites excluding steroid dienone is 1. The maximum absolute atomic E-state index is 4.92. The fraction of sp³-hybridized carbons (Fsp3) is 0.350. The molecule has 0 saturated carbocycles.